The van der Waals surface area contributed by atoms with Gasteiger partial charge in [0.05, 0.1) is 0 Å². The number of benzene rings is 1. The lowest BCUT2D eigenvalue weighted by Gasteiger charge is -2.02. The van der Waals surface area contributed by atoms with E-state index >= 15 is 0 Å². The van der Waals surface area contributed by atoms with E-state index in [2.05, 4.69) is 56.6 Å². The molecule has 2 aromatic rings. The van der Waals surface area contributed by atoms with Gasteiger partial charge in [0.1, 0.15) is 0 Å². The summed E-state index contributed by atoms with van der Waals surface area (Å²) in [5, 5.41) is 2.83. The molecule has 76 valence electrons. The van der Waals surface area contributed by atoms with Gasteiger partial charge in [-0.25, -0.2) is 0 Å². The molecule has 0 saturated heterocycles. The van der Waals surface area contributed by atoms with E-state index in [9.17, 15) is 0 Å². The van der Waals surface area contributed by atoms with Crippen LogP contribution in [0.2, 0.25) is 0 Å². The third-order valence-electron chi connectivity index (χ3n) is 2.79. The van der Waals surface area contributed by atoms with Crippen molar-refractivity contribution in [2.24, 2.45) is 0 Å². The molecule has 1 heterocycles. The number of hydrogen-bond acceptors (Lipinski definition) is 0. The van der Waals surface area contributed by atoms with E-state index in [-0.39, 0.29) is 7.53 Å². The number of rotatable bonds is 2. The van der Waals surface area contributed by atoms with Crippen LogP contribution in [-0.4, -0.2) is 0 Å². The Bertz CT molecular complexity index is 478. The Hall–Kier alpha value is -1.26. The van der Waals surface area contributed by atoms with Gasteiger partial charge in [0, 0.05) is 5.30 Å². The molecule has 0 spiro atoms. The first-order valence-corrected chi connectivity index (χ1v) is 6.51. The first kappa shape index (κ1) is 10.3. The fourth-order valence-corrected chi connectivity index (χ4v) is 4.17. The molecule has 1 heteroatoms. The van der Waals surface area contributed by atoms with Gasteiger partial charge in [-0.05, 0) is 36.1 Å². The molecule has 0 saturated carbocycles. The van der Waals surface area contributed by atoms with Gasteiger partial charge >= 0.3 is 0 Å². The average Bonchev–Trinajstić information content (AvgIpc) is 2.56. The van der Waals surface area contributed by atoms with Crippen molar-refractivity contribution in [1.82, 2.24) is 0 Å². The standard InChI is InChI=1S/C14H15P/c1-4-14-12(3)11(2)10-15(14)13-8-6-5-7-9-13/h4-10H,1H2,2-3H3. The lowest BCUT2D eigenvalue weighted by atomic mass is 10.2. The van der Waals surface area contributed by atoms with E-state index in [1.165, 1.54) is 21.7 Å². The molecule has 1 atom stereocenters. The van der Waals surface area contributed by atoms with Gasteiger partial charge in [0.25, 0.3) is 0 Å². The van der Waals surface area contributed by atoms with Crippen molar-refractivity contribution in [2.45, 2.75) is 13.8 Å². The van der Waals surface area contributed by atoms with Crippen molar-refractivity contribution in [3.63, 3.8) is 0 Å². The molecule has 0 fully saturated rings. The summed E-state index contributed by atoms with van der Waals surface area (Å²) >= 11 is 0. The van der Waals surface area contributed by atoms with Crippen LogP contribution in [0, 0.1) is 13.8 Å². The predicted molar refractivity (Wildman–Crippen MR) is 70.1 cm³/mol. The van der Waals surface area contributed by atoms with E-state index in [4.69, 9.17) is 0 Å². The highest BCUT2D eigenvalue weighted by atomic mass is 31.1. The Morgan fingerprint density at radius 2 is 1.80 bits per heavy atom. The van der Waals surface area contributed by atoms with Crippen molar-refractivity contribution in [1.29, 1.82) is 0 Å². The second-order valence-corrected chi connectivity index (χ2v) is 5.73. The minimum atomic E-state index is -0.283. The molecule has 0 aliphatic carbocycles. The lowest BCUT2D eigenvalue weighted by Crippen LogP contribution is -1.72. The molecular formula is C14H15P. The van der Waals surface area contributed by atoms with Crippen LogP contribution in [0.4, 0.5) is 0 Å². The van der Waals surface area contributed by atoms with Crippen molar-refractivity contribution in [3.05, 3.63) is 59.1 Å². The maximum absolute atomic E-state index is 3.93. The summed E-state index contributed by atoms with van der Waals surface area (Å²) < 4.78 is 0. The van der Waals surface area contributed by atoms with Crippen LogP contribution in [0.15, 0.2) is 42.7 Å². The monoisotopic (exact) mass is 214 g/mol. The molecule has 0 bridgehead atoms. The van der Waals surface area contributed by atoms with Gasteiger partial charge in [-0.2, -0.15) is 0 Å². The zero-order valence-corrected chi connectivity index (χ0v) is 10.1. The minimum absolute atomic E-state index is 0.283. The minimum Gasteiger partial charge on any atom is -0.0981 e. The summed E-state index contributed by atoms with van der Waals surface area (Å²) in [7, 11) is -0.283. The molecule has 1 unspecified atom stereocenters. The highest BCUT2D eigenvalue weighted by Crippen LogP contribution is 2.47. The predicted octanol–water partition coefficient (Wildman–Crippen LogP) is 4.92. The van der Waals surface area contributed by atoms with Gasteiger partial charge in [0.15, 0.2) is 0 Å². The van der Waals surface area contributed by atoms with Crippen molar-refractivity contribution >= 4 is 13.6 Å². The van der Waals surface area contributed by atoms with Crippen molar-refractivity contribution in [2.75, 3.05) is 0 Å². The molecule has 0 amide bonds. The Balaban J connectivity index is 2.63. The molecule has 1 aromatic heterocycles. The van der Waals surface area contributed by atoms with Crippen LogP contribution in [0.1, 0.15) is 16.4 Å². The van der Waals surface area contributed by atoms with Gasteiger partial charge < -0.3 is 0 Å². The van der Waals surface area contributed by atoms with Crippen LogP contribution >= 0.6 is 7.53 Å². The highest BCUT2D eigenvalue weighted by molar-refractivity contribution is 7.58. The third kappa shape index (κ3) is 1.78. The summed E-state index contributed by atoms with van der Waals surface area (Å²) in [6.07, 6.45) is 2.01. The number of aryl methyl sites for hydroxylation is 1. The largest absolute Gasteiger partial charge is 0.0981 e. The maximum atomic E-state index is 3.93. The normalized spacial score (nSPS) is 11.5. The molecule has 0 aliphatic heterocycles. The fourth-order valence-electron chi connectivity index (χ4n) is 1.80. The first-order chi connectivity index (χ1) is 7.24. The van der Waals surface area contributed by atoms with Crippen LogP contribution in [0.25, 0.3) is 11.4 Å². The smallest absolute Gasteiger partial charge is 0.000987 e. The molecule has 1 aromatic carbocycles. The summed E-state index contributed by atoms with van der Waals surface area (Å²) in [5.41, 5.74) is 2.81. The third-order valence-corrected chi connectivity index (χ3v) is 5.32. The van der Waals surface area contributed by atoms with E-state index < -0.39 is 0 Å². The Labute approximate surface area is 92.3 Å². The second kappa shape index (κ2) is 4.08. The Kier molecular flexibility index (Phi) is 2.79. The van der Waals surface area contributed by atoms with Crippen LogP contribution in [0.5, 0.6) is 0 Å². The summed E-state index contributed by atoms with van der Waals surface area (Å²) in [4.78, 5) is 0. The fraction of sp³-hybridized carbons (Fsp3) is 0.143. The average molecular weight is 214 g/mol. The first-order valence-electron chi connectivity index (χ1n) is 5.10. The molecule has 0 radical (unpaired) electrons. The van der Waals surface area contributed by atoms with Crippen molar-refractivity contribution < 1.29 is 0 Å². The summed E-state index contributed by atoms with van der Waals surface area (Å²) in [6.45, 7) is 8.30. The lowest BCUT2D eigenvalue weighted by molar-refractivity contribution is 1.40. The summed E-state index contributed by atoms with van der Waals surface area (Å²) in [6, 6.07) is 10.7. The molecular weight excluding hydrogens is 199 g/mol. The van der Waals surface area contributed by atoms with Crippen molar-refractivity contribution in [3.8, 4) is 5.30 Å². The topological polar surface area (TPSA) is 0 Å². The van der Waals surface area contributed by atoms with Gasteiger partial charge in [-0.15, -0.1) is 0 Å². The molecule has 0 nitrogen and oxygen atoms in total. The number of hydrogen-bond donors (Lipinski definition) is 0. The highest BCUT2D eigenvalue weighted by Gasteiger charge is 2.08. The van der Waals surface area contributed by atoms with Crippen LogP contribution in [0.3, 0.4) is 0 Å². The van der Waals surface area contributed by atoms with Gasteiger partial charge in [-0.3, -0.25) is 0 Å². The molecule has 15 heavy (non-hydrogen) atoms. The zero-order valence-electron chi connectivity index (χ0n) is 9.20. The Morgan fingerprint density at radius 3 is 2.40 bits per heavy atom. The van der Waals surface area contributed by atoms with E-state index in [1.807, 2.05) is 6.08 Å². The summed E-state index contributed by atoms with van der Waals surface area (Å²) in [5.74, 6) is 2.39. The van der Waals surface area contributed by atoms with Crippen LogP contribution in [-0.2, 0) is 0 Å². The quantitative estimate of drug-likeness (QED) is 0.665. The molecule has 0 aliphatic rings. The molecule has 2 rings (SSSR count). The van der Waals surface area contributed by atoms with Gasteiger partial charge in [-0.1, -0.05) is 50.5 Å². The Morgan fingerprint density at radius 1 is 1.13 bits per heavy atom. The second-order valence-electron chi connectivity index (χ2n) is 3.73. The zero-order chi connectivity index (χ0) is 10.8. The maximum Gasteiger partial charge on any atom is 0.000987 e. The van der Waals surface area contributed by atoms with E-state index in [1.54, 1.807) is 0 Å². The van der Waals surface area contributed by atoms with E-state index in [0.29, 0.717) is 0 Å². The van der Waals surface area contributed by atoms with E-state index in [0.717, 1.165) is 0 Å². The van der Waals surface area contributed by atoms with Gasteiger partial charge in [0.2, 0.25) is 0 Å². The molecule has 0 N–H and O–H groups in total. The SMILES string of the molecule is C=Cc1c(C)c(C)cp1-c1ccccc1. The van der Waals surface area contributed by atoms with Crippen LogP contribution < -0.4 is 0 Å².